The predicted octanol–water partition coefficient (Wildman–Crippen LogP) is 4.88. The van der Waals surface area contributed by atoms with E-state index in [1.54, 1.807) is 17.7 Å². The van der Waals surface area contributed by atoms with Crippen LogP contribution in [0.1, 0.15) is 34.2 Å². The third kappa shape index (κ3) is 4.44. The Bertz CT molecular complexity index is 1830. The summed E-state index contributed by atoms with van der Waals surface area (Å²) < 4.78 is 66.0. The van der Waals surface area contributed by atoms with Gasteiger partial charge >= 0.3 is 6.18 Å². The number of hydrogen-bond acceptors (Lipinski definition) is 6. The van der Waals surface area contributed by atoms with E-state index in [4.69, 9.17) is 10.5 Å². The molecule has 8 nitrogen and oxygen atoms in total. The van der Waals surface area contributed by atoms with Crippen LogP contribution in [0.2, 0.25) is 0 Å². The van der Waals surface area contributed by atoms with Crippen LogP contribution in [-0.4, -0.2) is 43.3 Å². The summed E-state index contributed by atoms with van der Waals surface area (Å²) in [6.07, 6.45) is -1.41. The second-order valence-electron chi connectivity index (χ2n) is 10.4. The SMILES string of the molecule is C[C@]1(n2ccnc2)COc2c1cc([C@@](O)(Cc1ccc3cc(C(N)=O)ccc3n1)C(F)(F)F)nc2-c1ccc(F)cc1. The van der Waals surface area contributed by atoms with Crippen molar-refractivity contribution in [3.63, 3.8) is 0 Å². The topological polar surface area (TPSA) is 116 Å². The van der Waals surface area contributed by atoms with Crippen LogP contribution in [0.5, 0.6) is 5.75 Å². The van der Waals surface area contributed by atoms with Crippen molar-refractivity contribution in [2.45, 2.75) is 30.7 Å². The third-order valence-electron chi connectivity index (χ3n) is 7.60. The molecule has 6 rings (SSSR count). The first-order valence-corrected chi connectivity index (χ1v) is 12.8. The van der Waals surface area contributed by atoms with E-state index in [-0.39, 0.29) is 29.3 Å². The number of nitrogens with zero attached hydrogens (tertiary/aromatic N) is 4. The Morgan fingerprint density at radius 1 is 1.10 bits per heavy atom. The number of primary amides is 1. The molecule has 5 aromatic rings. The van der Waals surface area contributed by atoms with Gasteiger partial charge in [-0.3, -0.25) is 9.78 Å². The average molecular weight is 578 g/mol. The smallest absolute Gasteiger partial charge is 0.423 e. The second-order valence-corrected chi connectivity index (χ2v) is 10.4. The molecule has 0 fully saturated rings. The maximum Gasteiger partial charge on any atom is 0.423 e. The van der Waals surface area contributed by atoms with Crippen molar-refractivity contribution in [1.29, 1.82) is 0 Å². The minimum absolute atomic E-state index is 0.0273. The number of amides is 1. The molecule has 214 valence electrons. The first-order chi connectivity index (χ1) is 19.9. The number of fused-ring (bicyclic) bond motifs is 2. The van der Waals surface area contributed by atoms with Crippen LogP contribution in [0, 0.1) is 5.82 Å². The molecular formula is C30H23F4N5O3. The number of alkyl halides is 3. The molecular weight excluding hydrogens is 554 g/mol. The van der Waals surface area contributed by atoms with Crippen molar-refractivity contribution in [3.05, 3.63) is 108 Å². The summed E-state index contributed by atoms with van der Waals surface area (Å²) in [6.45, 7) is 1.83. The number of hydrogen-bond donors (Lipinski definition) is 2. The summed E-state index contributed by atoms with van der Waals surface area (Å²) in [5, 5.41) is 12.0. The standard InChI is InChI=1S/C30H23F4N5O3/c1-28(39-11-10-36-16-39)15-42-26-22(28)13-24(38-25(26)17-2-6-20(31)7-3-17)29(41,30(32,33)34)14-21-8-4-18-12-19(27(35)40)5-9-23(18)37-21/h2-13,16,41H,14-15H2,1H3,(H2,35,40)/t28-,29-/m0/s1. The number of aromatic nitrogens is 4. The number of imidazole rings is 1. The quantitative estimate of drug-likeness (QED) is 0.278. The van der Waals surface area contributed by atoms with Gasteiger partial charge in [0.1, 0.15) is 23.7 Å². The van der Waals surface area contributed by atoms with Gasteiger partial charge in [0.25, 0.3) is 0 Å². The minimum Gasteiger partial charge on any atom is -0.488 e. The van der Waals surface area contributed by atoms with Gasteiger partial charge in [-0.2, -0.15) is 13.2 Å². The molecule has 0 saturated heterocycles. The number of rotatable bonds is 6. The van der Waals surface area contributed by atoms with Crippen molar-refractivity contribution in [2.75, 3.05) is 6.61 Å². The Morgan fingerprint density at radius 3 is 2.52 bits per heavy atom. The van der Waals surface area contributed by atoms with E-state index in [0.717, 1.165) is 0 Å². The fourth-order valence-electron chi connectivity index (χ4n) is 5.17. The minimum atomic E-state index is -5.17. The van der Waals surface area contributed by atoms with Gasteiger partial charge in [0, 0.05) is 46.6 Å². The van der Waals surface area contributed by atoms with Crippen molar-refractivity contribution < 1.29 is 32.2 Å². The van der Waals surface area contributed by atoms with E-state index in [0.29, 0.717) is 22.0 Å². The van der Waals surface area contributed by atoms with Crippen LogP contribution in [0.25, 0.3) is 22.2 Å². The summed E-state index contributed by atoms with van der Waals surface area (Å²) in [7, 11) is 0. The van der Waals surface area contributed by atoms with Gasteiger partial charge in [-0.1, -0.05) is 6.07 Å². The molecule has 1 aliphatic rings. The molecule has 12 heteroatoms. The van der Waals surface area contributed by atoms with E-state index in [1.165, 1.54) is 73.2 Å². The lowest BCUT2D eigenvalue weighted by Crippen LogP contribution is -2.45. The normalized spacial score (nSPS) is 18.0. The van der Waals surface area contributed by atoms with Gasteiger partial charge in [0.15, 0.2) is 5.75 Å². The summed E-state index contributed by atoms with van der Waals surface area (Å²) in [4.78, 5) is 24.2. The lowest BCUT2D eigenvalue weighted by Gasteiger charge is -2.32. The Morgan fingerprint density at radius 2 is 1.86 bits per heavy atom. The molecule has 1 aliphatic heterocycles. The first kappa shape index (κ1) is 27.3. The Kier molecular flexibility index (Phi) is 6.26. The number of pyridine rings is 2. The zero-order valence-corrected chi connectivity index (χ0v) is 22.1. The Balaban J connectivity index is 1.52. The highest BCUT2D eigenvalue weighted by Gasteiger charge is 2.57. The van der Waals surface area contributed by atoms with Gasteiger partial charge < -0.3 is 20.1 Å². The monoisotopic (exact) mass is 577 g/mol. The summed E-state index contributed by atoms with van der Waals surface area (Å²) in [5.41, 5.74) is 1.36. The van der Waals surface area contributed by atoms with E-state index < -0.39 is 41.2 Å². The average Bonchev–Trinajstić information content (AvgIpc) is 3.62. The van der Waals surface area contributed by atoms with Gasteiger partial charge in [0.05, 0.1) is 17.5 Å². The first-order valence-electron chi connectivity index (χ1n) is 12.8. The molecule has 3 aromatic heterocycles. The number of carbonyl (C=O) groups excluding carboxylic acids is 1. The summed E-state index contributed by atoms with van der Waals surface area (Å²) in [5.74, 6) is -0.966. The number of halogens is 4. The van der Waals surface area contributed by atoms with Gasteiger partial charge in [-0.05, 0) is 61.5 Å². The molecule has 0 aliphatic carbocycles. The fourth-order valence-corrected chi connectivity index (χ4v) is 5.17. The van der Waals surface area contributed by atoms with E-state index >= 15 is 0 Å². The molecule has 2 aromatic carbocycles. The zero-order valence-electron chi connectivity index (χ0n) is 22.1. The predicted molar refractivity (Wildman–Crippen MR) is 144 cm³/mol. The lowest BCUT2D eigenvalue weighted by atomic mass is 9.86. The molecule has 4 heterocycles. The highest BCUT2D eigenvalue weighted by atomic mass is 19.4. The maximum absolute atomic E-state index is 14.9. The van der Waals surface area contributed by atoms with Crippen LogP contribution in [0.4, 0.5) is 17.6 Å². The van der Waals surface area contributed by atoms with Crippen molar-refractivity contribution in [2.24, 2.45) is 5.73 Å². The van der Waals surface area contributed by atoms with Gasteiger partial charge in [-0.25, -0.2) is 14.4 Å². The number of ether oxygens (including phenoxy) is 1. The molecule has 1 amide bonds. The number of aliphatic hydroxyl groups is 1. The molecule has 0 bridgehead atoms. The van der Waals surface area contributed by atoms with E-state index in [2.05, 4.69) is 15.0 Å². The lowest BCUT2D eigenvalue weighted by molar-refractivity contribution is -0.268. The van der Waals surface area contributed by atoms with E-state index in [9.17, 15) is 27.5 Å². The van der Waals surface area contributed by atoms with Crippen molar-refractivity contribution in [1.82, 2.24) is 19.5 Å². The van der Waals surface area contributed by atoms with E-state index in [1.807, 2.05) is 0 Å². The fraction of sp³-hybridized carbons (Fsp3) is 0.200. The molecule has 0 saturated carbocycles. The second kappa shape index (κ2) is 9.62. The van der Waals surface area contributed by atoms with Gasteiger partial charge in [0.2, 0.25) is 11.5 Å². The maximum atomic E-state index is 14.9. The number of carbonyl (C=O) groups is 1. The molecule has 3 N–H and O–H groups in total. The Labute approximate surface area is 236 Å². The van der Waals surface area contributed by atoms with Crippen LogP contribution in [-0.2, 0) is 17.6 Å². The Hall–Kier alpha value is -4.84. The number of nitrogens with two attached hydrogens (primary N) is 1. The van der Waals surface area contributed by atoms with Gasteiger partial charge in [-0.15, -0.1) is 0 Å². The zero-order chi connectivity index (χ0) is 29.9. The van der Waals surface area contributed by atoms with Crippen molar-refractivity contribution in [3.8, 4) is 17.0 Å². The largest absolute Gasteiger partial charge is 0.488 e. The third-order valence-corrected chi connectivity index (χ3v) is 7.60. The van der Waals surface area contributed by atoms with Crippen LogP contribution in [0.3, 0.4) is 0 Å². The molecule has 0 radical (unpaired) electrons. The molecule has 0 unspecified atom stereocenters. The highest BCUT2D eigenvalue weighted by molar-refractivity contribution is 5.96. The van der Waals surface area contributed by atoms with Crippen LogP contribution < -0.4 is 10.5 Å². The summed E-state index contributed by atoms with van der Waals surface area (Å²) in [6, 6.07) is 13.5. The highest BCUT2D eigenvalue weighted by Crippen LogP contribution is 2.49. The van der Waals surface area contributed by atoms with Crippen LogP contribution >= 0.6 is 0 Å². The molecule has 2 atom stereocenters. The summed E-state index contributed by atoms with van der Waals surface area (Å²) >= 11 is 0. The van der Waals surface area contributed by atoms with Crippen molar-refractivity contribution >= 4 is 16.8 Å². The molecule has 0 spiro atoms. The van der Waals surface area contributed by atoms with Crippen LogP contribution in [0.15, 0.2) is 79.4 Å². The molecule has 42 heavy (non-hydrogen) atoms. The number of benzene rings is 2.